The van der Waals surface area contributed by atoms with Gasteiger partial charge in [0.15, 0.2) is 0 Å². The van der Waals surface area contributed by atoms with Crippen LogP contribution in [0.25, 0.3) is 10.8 Å². The van der Waals surface area contributed by atoms with Gasteiger partial charge in [-0.25, -0.2) is 0 Å². The van der Waals surface area contributed by atoms with Crippen LogP contribution in [0, 0.1) is 12.3 Å². The number of aryl methyl sites for hydroxylation is 1. The lowest BCUT2D eigenvalue weighted by Gasteiger charge is -2.27. The zero-order valence-corrected chi connectivity index (χ0v) is 12.7. The van der Waals surface area contributed by atoms with E-state index in [1.54, 1.807) is 0 Å². The van der Waals surface area contributed by atoms with Crippen LogP contribution in [0.2, 0.25) is 0 Å². The standard InChI is InChI=1S/C18H25N/c1-13-10-11-16(15-9-7-6-8-14(13)15)17(19-5)12-18(2,3)4/h6-11,17,19H,12H2,1-5H3. The van der Waals surface area contributed by atoms with Crippen LogP contribution in [0.4, 0.5) is 0 Å². The van der Waals surface area contributed by atoms with Crippen molar-refractivity contribution < 1.29 is 0 Å². The van der Waals surface area contributed by atoms with Crippen LogP contribution in [0.15, 0.2) is 36.4 Å². The van der Waals surface area contributed by atoms with E-state index >= 15 is 0 Å². The number of hydrogen-bond acceptors (Lipinski definition) is 1. The van der Waals surface area contributed by atoms with E-state index in [0.717, 1.165) is 6.42 Å². The summed E-state index contributed by atoms with van der Waals surface area (Å²) in [6.07, 6.45) is 1.14. The summed E-state index contributed by atoms with van der Waals surface area (Å²) in [5.74, 6) is 0. The molecule has 2 rings (SSSR count). The van der Waals surface area contributed by atoms with E-state index in [2.05, 4.69) is 76.5 Å². The fraction of sp³-hybridized carbons (Fsp3) is 0.444. The topological polar surface area (TPSA) is 12.0 Å². The molecule has 0 amide bonds. The van der Waals surface area contributed by atoms with Gasteiger partial charge in [-0.2, -0.15) is 0 Å². The summed E-state index contributed by atoms with van der Waals surface area (Å²) in [5, 5.41) is 6.24. The van der Waals surface area contributed by atoms with Crippen molar-refractivity contribution in [2.45, 2.75) is 40.2 Å². The first-order valence-electron chi connectivity index (χ1n) is 7.08. The van der Waals surface area contributed by atoms with Crippen LogP contribution in [0.3, 0.4) is 0 Å². The second-order valence-corrected chi connectivity index (χ2v) is 6.62. The van der Waals surface area contributed by atoms with Gasteiger partial charge in [0.05, 0.1) is 0 Å². The summed E-state index contributed by atoms with van der Waals surface area (Å²) in [5.41, 5.74) is 3.09. The number of fused-ring (bicyclic) bond motifs is 1. The lowest BCUT2D eigenvalue weighted by molar-refractivity contribution is 0.322. The molecule has 0 heterocycles. The molecule has 0 radical (unpaired) electrons. The van der Waals surface area contributed by atoms with Crippen molar-refractivity contribution >= 4 is 10.8 Å². The summed E-state index contributed by atoms with van der Waals surface area (Å²) < 4.78 is 0. The number of nitrogens with one attached hydrogen (secondary N) is 1. The molecule has 0 aliphatic rings. The van der Waals surface area contributed by atoms with Crippen molar-refractivity contribution in [3.8, 4) is 0 Å². The van der Waals surface area contributed by atoms with Gasteiger partial charge in [-0.05, 0) is 47.7 Å². The monoisotopic (exact) mass is 255 g/mol. The highest BCUT2D eigenvalue weighted by molar-refractivity contribution is 5.88. The van der Waals surface area contributed by atoms with E-state index in [4.69, 9.17) is 0 Å². The maximum absolute atomic E-state index is 3.49. The lowest BCUT2D eigenvalue weighted by atomic mass is 9.84. The van der Waals surface area contributed by atoms with Crippen LogP contribution < -0.4 is 5.32 Å². The normalized spacial score (nSPS) is 13.7. The average molecular weight is 255 g/mol. The Kier molecular flexibility index (Phi) is 3.96. The molecule has 0 aliphatic heterocycles. The van der Waals surface area contributed by atoms with E-state index in [-0.39, 0.29) is 0 Å². The molecule has 0 aliphatic carbocycles. The molecule has 0 fully saturated rings. The Bertz CT molecular complexity index is 563. The van der Waals surface area contributed by atoms with Crippen LogP contribution >= 0.6 is 0 Å². The van der Waals surface area contributed by atoms with Crippen molar-refractivity contribution in [3.05, 3.63) is 47.5 Å². The van der Waals surface area contributed by atoms with E-state index in [0.29, 0.717) is 11.5 Å². The Labute approximate surface area is 117 Å². The molecule has 0 bridgehead atoms. The second-order valence-electron chi connectivity index (χ2n) is 6.62. The van der Waals surface area contributed by atoms with Crippen molar-refractivity contribution in [2.24, 2.45) is 5.41 Å². The minimum Gasteiger partial charge on any atom is -0.313 e. The van der Waals surface area contributed by atoms with Crippen LogP contribution in [0.5, 0.6) is 0 Å². The smallest absolute Gasteiger partial charge is 0.0328 e. The zero-order chi connectivity index (χ0) is 14.0. The molecule has 0 aromatic heterocycles. The van der Waals surface area contributed by atoms with Gasteiger partial charge in [0.1, 0.15) is 0 Å². The van der Waals surface area contributed by atoms with Gasteiger partial charge in [-0.1, -0.05) is 57.2 Å². The Morgan fingerprint density at radius 3 is 2.21 bits per heavy atom. The van der Waals surface area contributed by atoms with Gasteiger partial charge in [0.25, 0.3) is 0 Å². The van der Waals surface area contributed by atoms with Gasteiger partial charge in [0.2, 0.25) is 0 Å². The largest absolute Gasteiger partial charge is 0.313 e. The molecular weight excluding hydrogens is 230 g/mol. The first kappa shape index (κ1) is 14.1. The van der Waals surface area contributed by atoms with Crippen LogP contribution in [-0.2, 0) is 0 Å². The predicted molar refractivity (Wildman–Crippen MR) is 84.6 cm³/mol. The second kappa shape index (κ2) is 5.34. The molecule has 1 unspecified atom stereocenters. The SMILES string of the molecule is CNC(CC(C)(C)C)c1ccc(C)c2ccccc12. The van der Waals surface area contributed by atoms with Gasteiger partial charge in [-0.3, -0.25) is 0 Å². The van der Waals surface area contributed by atoms with E-state index in [1.165, 1.54) is 21.9 Å². The Morgan fingerprint density at radius 2 is 1.63 bits per heavy atom. The average Bonchev–Trinajstić information content (AvgIpc) is 2.36. The quantitative estimate of drug-likeness (QED) is 0.827. The van der Waals surface area contributed by atoms with Crippen molar-refractivity contribution in [1.29, 1.82) is 0 Å². The molecule has 2 aromatic carbocycles. The van der Waals surface area contributed by atoms with Crippen molar-refractivity contribution in [1.82, 2.24) is 5.32 Å². The molecule has 1 nitrogen and oxygen atoms in total. The van der Waals surface area contributed by atoms with Crippen molar-refractivity contribution in [2.75, 3.05) is 7.05 Å². The maximum Gasteiger partial charge on any atom is 0.0328 e. The Hall–Kier alpha value is -1.34. The molecule has 1 atom stereocenters. The first-order valence-corrected chi connectivity index (χ1v) is 7.08. The minimum atomic E-state index is 0.319. The summed E-state index contributed by atoms with van der Waals surface area (Å²) in [4.78, 5) is 0. The third kappa shape index (κ3) is 3.16. The van der Waals surface area contributed by atoms with Crippen molar-refractivity contribution in [3.63, 3.8) is 0 Å². The third-order valence-electron chi connectivity index (χ3n) is 3.72. The van der Waals surface area contributed by atoms with E-state index < -0.39 is 0 Å². The third-order valence-corrected chi connectivity index (χ3v) is 3.72. The van der Waals surface area contributed by atoms with Crippen LogP contribution in [-0.4, -0.2) is 7.05 Å². The number of benzene rings is 2. The highest BCUT2D eigenvalue weighted by Crippen LogP contribution is 2.33. The minimum absolute atomic E-state index is 0.319. The summed E-state index contributed by atoms with van der Waals surface area (Å²) in [6.45, 7) is 9.08. The van der Waals surface area contributed by atoms with Crippen LogP contribution in [0.1, 0.15) is 44.4 Å². The van der Waals surface area contributed by atoms with Gasteiger partial charge < -0.3 is 5.32 Å². The lowest BCUT2D eigenvalue weighted by Crippen LogP contribution is -2.22. The first-order chi connectivity index (χ1) is 8.92. The molecule has 1 heteroatoms. The molecule has 102 valence electrons. The number of hydrogen-bond donors (Lipinski definition) is 1. The molecule has 0 saturated carbocycles. The summed E-state index contributed by atoms with van der Waals surface area (Å²) in [6, 6.07) is 13.6. The molecule has 1 N–H and O–H groups in total. The Morgan fingerprint density at radius 1 is 1.00 bits per heavy atom. The van der Waals surface area contributed by atoms with Gasteiger partial charge >= 0.3 is 0 Å². The predicted octanol–water partition coefficient (Wildman–Crippen LogP) is 4.84. The zero-order valence-electron chi connectivity index (χ0n) is 12.7. The molecule has 0 saturated heterocycles. The van der Waals surface area contributed by atoms with E-state index in [9.17, 15) is 0 Å². The molecule has 0 spiro atoms. The molecule has 19 heavy (non-hydrogen) atoms. The highest BCUT2D eigenvalue weighted by Gasteiger charge is 2.20. The Balaban J connectivity index is 2.52. The fourth-order valence-electron chi connectivity index (χ4n) is 2.76. The number of rotatable bonds is 3. The molecular formula is C18H25N. The maximum atomic E-state index is 3.49. The van der Waals surface area contributed by atoms with Gasteiger partial charge in [0, 0.05) is 6.04 Å². The molecule has 2 aromatic rings. The fourth-order valence-corrected chi connectivity index (χ4v) is 2.76. The van der Waals surface area contributed by atoms with Gasteiger partial charge in [-0.15, -0.1) is 0 Å². The van der Waals surface area contributed by atoms with E-state index in [1.807, 2.05) is 0 Å². The summed E-state index contributed by atoms with van der Waals surface area (Å²) in [7, 11) is 2.06. The summed E-state index contributed by atoms with van der Waals surface area (Å²) >= 11 is 0. The highest BCUT2D eigenvalue weighted by atomic mass is 14.9.